The maximum absolute atomic E-state index is 5.77. The van der Waals surface area contributed by atoms with Gasteiger partial charge < -0.3 is 15.0 Å². The van der Waals surface area contributed by atoms with Crippen molar-refractivity contribution in [3.8, 4) is 0 Å². The second kappa shape index (κ2) is 8.23. The van der Waals surface area contributed by atoms with E-state index in [1.165, 1.54) is 25.8 Å². The molecule has 1 saturated heterocycles. The lowest BCUT2D eigenvalue weighted by Crippen LogP contribution is -2.45. The first kappa shape index (κ1) is 16.9. The van der Waals surface area contributed by atoms with Crippen LogP contribution < -0.4 is 5.32 Å². The van der Waals surface area contributed by atoms with Crippen LogP contribution >= 0.6 is 0 Å². The lowest BCUT2D eigenvalue weighted by atomic mass is 9.86. The Morgan fingerprint density at radius 1 is 1.37 bits per heavy atom. The zero-order chi connectivity index (χ0) is 14.3. The van der Waals surface area contributed by atoms with Crippen LogP contribution in [0.1, 0.15) is 53.9 Å². The Balaban J connectivity index is 2.44. The minimum atomic E-state index is 0.360. The fourth-order valence-corrected chi connectivity index (χ4v) is 2.66. The van der Waals surface area contributed by atoms with Crippen molar-refractivity contribution in [1.82, 2.24) is 10.2 Å². The molecule has 1 fully saturated rings. The van der Waals surface area contributed by atoms with Gasteiger partial charge in [-0.15, -0.1) is 0 Å². The summed E-state index contributed by atoms with van der Waals surface area (Å²) in [5.41, 5.74) is 0.360. The standard InChI is InChI=1S/C16H34N2O/c1-6-16(5,12-17-14(3)4)13-18(7-2)11-15-9-8-10-19-15/h14-15,17H,6-13H2,1-5H3. The normalized spacial score (nSPS) is 23.2. The van der Waals surface area contributed by atoms with Crippen molar-refractivity contribution in [3.63, 3.8) is 0 Å². The van der Waals surface area contributed by atoms with Crippen LogP contribution in [0.5, 0.6) is 0 Å². The molecular weight excluding hydrogens is 236 g/mol. The monoisotopic (exact) mass is 270 g/mol. The molecule has 3 nitrogen and oxygen atoms in total. The minimum absolute atomic E-state index is 0.360. The third-order valence-electron chi connectivity index (χ3n) is 4.33. The molecule has 19 heavy (non-hydrogen) atoms. The first-order valence-corrected chi connectivity index (χ1v) is 8.06. The van der Waals surface area contributed by atoms with Crippen LogP contribution in [0.4, 0.5) is 0 Å². The smallest absolute Gasteiger partial charge is 0.0702 e. The fraction of sp³-hybridized carbons (Fsp3) is 1.00. The molecule has 2 atom stereocenters. The van der Waals surface area contributed by atoms with Gasteiger partial charge in [0.15, 0.2) is 0 Å². The fourth-order valence-electron chi connectivity index (χ4n) is 2.66. The van der Waals surface area contributed by atoms with E-state index in [1.54, 1.807) is 0 Å². The van der Waals surface area contributed by atoms with Gasteiger partial charge in [-0.3, -0.25) is 0 Å². The van der Waals surface area contributed by atoms with E-state index in [4.69, 9.17) is 4.74 Å². The highest BCUT2D eigenvalue weighted by molar-refractivity contribution is 4.82. The third-order valence-corrected chi connectivity index (χ3v) is 4.33. The van der Waals surface area contributed by atoms with E-state index in [9.17, 15) is 0 Å². The molecule has 1 rings (SSSR count). The van der Waals surface area contributed by atoms with Gasteiger partial charge in [0, 0.05) is 32.3 Å². The van der Waals surface area contributed by atoms with Gasteiger partial charge >= 0.3 is 0 Å². The second-order valence-electron chi connectivity index (χ2n) is 6.66. The molecular formula is C16H34N2O. The Kier molecular flexibility index (Phi) is 7.33. The maximum atomic E-state index is 5.77. The molecule has 0 radical (unpaired) electrons. The summed E-state index contributed by atoms with van der Waals surface area (Å²) >= 11 is 0. The average molecular weight is 270 g/mol. The molecule has 1 N–H and O–H groups in total. The van der Waals surface area contributed by atoms with Crippen LogP contribution in [0, 0.1) is 5.41 Å². The Morgan fingerprint density at radius 2 is 2.11 bits per heavy atom. The SMILES string of the molecule is CCN(CC1CCCO1)CC(C)(CC)CNC(C)C. The summed E-state index contributed by atoms with van der Waals surface area (Å²) in [5.74, 6) is 0. The summed E-state index contributed by atoms with van der Waals surface area (Å²) in [5, 5.41) is 3.60. The highest BCUT2D eigenvalue weighted by Gasteiger charge is 2.27. The molecule has 0 amide bonds. The van der Waals surface area contributed by atoms with Gasteiger partial charge in [-0.1, -0.05) is 34.6 Å². The van der Waals surface area contributed by atoms with Crippen LogP contribution in [-0.4, -0.2) is 49.8 Å². The minimum Gasteiger partial charge on any atom is -0.377 e. The number of nitrogens with one attached hydrogen (secondary N) is 1. The van der Waals surface area contributed by atoms with E-state index in [-0.39, 0.29) is 0 Å². The van der Waals surface area contributed by atoms with E-state index in [0.717, 1.165) is 26.2 Å². The van der Waals surface area contributed by atoms with Gasteiger partial charge in [-0.25, -0.2) is 0 Å². The van der Waals surface area contributed by atoms with Crippen LogP contribution in [0.2, 0.25) is 0 Å². The molecule has 1 aliphatic heterocycles. The van der Waals surface area contributed by atoms with E-state index in [1.807, 2.05) is 0 Å². The number of hydrogen-bond acceptors (Lipinski definition) is 3. The lowest BCUT2D eigenvalue weighted by molar-refractivity contribution is 0.0573. The zero-order valence-electron chi connectivity index (χ0n) is 13.7. The first-order valence-electron chi connectivity index (χ1n) is 8.06. The van der Waals surface area contributed by atoms with Crippen molar-refractivity contribution < 1.29 is 4.74 Å². The molecule has 0 aromatic heterocycles. The summed E-state index contributed by atoms with van der Waals surface area (Å²) < 4.78 is 5.77. The summed E-state index contributed by atoms with van der Waals surface area (Å²) in [7, 11) is 0. The van der Waals surface area contributed by atoms with Crippen molar-refractivity contribution in [2.45, 2.75) is 66.0 Å². The van der Waals surface area contributed by atoms with Crippen molar-refractivity contribution in [1.29, 1.82) is 0 Å². The molecule has 0 bridgehead atoms. The number of ether oxygens (including phenoxy) is 1. The van der Waals surface area contributed by atoms with Crippen LogP contribution in [0.25, 0.3) is 0 Å². The number of likely N-dealkylation sites (N-methyl/N-ethyl adjacent to an activating group) is 1. The van der Waals surface area contributed by atoms with Gasteiger partial charge in [0.2, 0.25) is 0 Å². The molecule has 0 aromatic carbocycles. The van der Waals surface area contributed by atoms with Crippen molar-refractivity contribution in [2.24, 2.45) is 5.41 Å². The van der Waals surface area contributed by atoms with E-state index in [2.05, 4.69) is 44.8 Å². The van der Waals surface area contributed by atoms with Crippen molar-refractivity contribution >= 4 is 0 Å². The largest absolute Gasteiger partial charge is 0.377 e. The summed E-state index contributed by atoms with van der Waals surface area (Å²) in [6.45, 7) is 16.9. The highest BCUT2D eigenvalue weighted by atomic mass is 16.5. The predicted octanol–water partition coefficient (Wildman–Crippen LogP) is 2.90. The molecule has 2 unspecified atom stereocenters. The number of hydrogen-bond donors (Lipinski definition) is 1. The molecule has 0 aromatic rings. The first-order chi connectivity index (χ1) is 8.99. The Hall–Kier alpha value is -0.120. The summed E-state index contributed by atoms with van der Waals surface area (Å²) in [6.07, 6.45) is 4.17. The van der Waals surface area contributed by atoms with Crippen LogP contribution in [0.3, 0.4) is 0 Å². The highest BCUT2D eigenvalue weighted by Crippen LogP contribution is 2.23. The molecule has 3 heteroatoms. The molecule has 1 aliphatic rings. The summed E-state index contributed by atoms with van der Waals surface area (Å²) in [6, 6.07) is 0.569. The van der Waals surface area contributed by atoms with Gasteiger partial charge in [0.25, 0.3) is 0 Å². The molecule has 0 saturated carbocycles. The Morgan fingerprint density at radius 3 is 2.58 bits per heavy atom. The van der Waals surface area contributed by atoms with Crippen LogP contribution in [0.15, 0.2) is 0 Å². The Bertz CT molecular complexity index is 239. The van der Waals surface area contributed by atoms with Gasteiger partial charge in [-0.2, -0.15) is 0 Å². The summed E-state index contributed by atoms with van der Waals surface area (Å²) in [4.78, 5) is 2.57. The van der Waals surface area contributed by atoms with E-state index < -0.39 is 0 Å². The Labute approximate surface area is 120 Å². The molecule has 1 heterocycles. The molecule has 114 valence electrons. The van der Waals surface area contributed by atoms with E-state index >= 15 is 0 Å². The lowest BCUT2D eigenvalue weighted by Gasteiger charge is -2.36. The van der Waals surface area contributed by atoms with Crippen molar-refractivity contribution in [2.75, 3.05) is 32.8 Å². The maximum Gasteiger partial charge on any atom is 0.0702 e. The average Bonchev–Trinajstić information content (AvgIpc) is 2.88. The zero-order valence-corrected chi connectivity index (χ0v) is 13.7. The molecule has 0 spiro atoms. The predicted molar refractivity (Wildman–Crippen MR) is 82.6 cm³/mol. The van der Waals surface area contributed by atoms with E-state index in [0.29, 0.717) is 17.6 Å². The van der Waals surface area contributed by atoms with Crippen LogP contribution in [-0.2, 0) is 4.74 Å². The number of nitrogens with zero attached hydrogens (tertiary/aromatic N) is 1. The topological polar surface area (TPSA) is 24.5 Å². The third kappa shape index (κ3) is 6.24. The molecule has 0 aliphatic carbocycles. The van der Waals surface area contributed by atoms with Crippen molar-refractivity contribution in [3.05, 3.63) is 0 Å². The quantitative estimate of drug-likeness (QED) is 0.697. The van der Waals surface area contributed by atoms with Gasteiger partial charge in [0.1, 0.15) is 0 Å². The second-order valence-corrected chi connectivity index (χ2v) is 6.66. The van der Waals surface area contributed by atoms with Gasteiger partial charge in [-0.05, 0) is 31.2 Å². The van der Waals surface area contributed by atoms with Gasteiger partial charge in [0.05, 0.1) is 6.10 Å². The number of rotatable bonds is 9.